The first-order chi connectivity index (χ1) is 9.36. The van der Waals surface area contributed by atoms with Crippen molar-refractivity contribution in [2.75, 3.05) is 37.4 Å². The van der Waals surface area contributed by atoms with Crippen LogP contribution in [0, 0.1) is 5.92 Å². The lowest BCUT2D eigenvalue weighted by atomic mass is 10.2. The highest BCUT2D eigenvalue weighted by Gasteiger charge is 2.21. The van der Waals surface area contributed by atoms with E-state index in [0.29, 0.717) is 24.5 Å². The summed E-state index contributed by atoms with van der Waals surface area (Å²) in [7, 11) is -1.88. The van der Waals surface area contributed by atoms with Crippen LogP contribution in [0.2, 0.25) is 0 Å². The van der Waals surface area contributed by atoms with Gasteiger partial charge in [0.05, 0.1) is 11.5 Å². The van der Waals surface area contributed by atoms with Crippen LogP contribution in [0.25, 0.3) is 0 Å². The summed E-state index contributed by atoms with van der Waals surface area (Å²) in [4.78, 5) is 1.93. The third kappa shape index (κ3) is 4.36. The first-order valence-corrected chi connectivity index (χ1v) is 8.13. The molecule has 0 heterocycles. The van der Waals surface area contributed by atoms with Crippen LogP contribution in [0.4, 0.5) is 11.4 Å². The van der Waals surface area contributed by atoms with Crippen molar-refractivity contribution in [3.05, 3.63) is 18.2 Å². The van der Waals surface area contributed by atoms with Gasteiger partial charge < -0.3 is 15.4 Å². The molecule has 0 aromatic heterocycles. The molecule has 1 aliphatic carbocycles. The molecule has 112 valence electrons. The molecule has 0 radical (unpaired) electrons. The quantitative estimate of drug-likeness (QED) is 0.572. The van der Waals surface area contributed by atoms with Gasteiger partial charge in [0, 0.05) is 31.6 Å². The van der Waals surface area contributed by atoms with Crippen LogP contribution in [-0.2, 0) is 14.8 Å². The van der Waals surface area contributed by atoms with Gasteiger partial charge in [-0.2, -0.15) is 0 Å². The van der Waals surface area contributed by atoms with Crippen molar-refractivity contribution in [2.45, 2.75) is 17.7 Å². The van der Waals surface area contributed by atoms with Crippen molar-refractivity contribution < 1.29 is 13.2 Å². The lowest BCUT2D eigenvalue weighted by Gasteiger charge is -2.20. The lowest BCUT2D eigenvalue weighted by Crippen LogP contribution is -2.23. The van der Waals surface area contributed by atoms with Gasteiger partial charge >= 0.3 is 0 Å². The lowest BCUT2D eigenvalue weighted by molar-refractivity contribution is 0.131. The zero-order valence-electron chi connectivity index (χ0n) is 11.6. The molecule has 20 heavy (non-hydrogen) atoms. The predicted molar refractivity (Wildman–Crippen MR) is 79.0 cm³/mol. The molecular weight excluding hydrogens is 278 g/mol. The number of anilines is 2. The van der Waals surface area contributed by atoms with Gasteiger partial charge in [-0.1, -0.05) is 0 Å². The number of likely N-dealkylation sites (N-methyl/N-ethyl adjacent to an activating group) is 1. The summed E-state index contributed by atoms with van der Waals surface area (Å²) < 4.78 is 28.3. The zero-order valence-corrected chi connectivity index (χ0v) is 12.4. The molecule has 1 saturated carbocycles. The minimum Gasteiger partial charge on any atom is -0.399 e. The summed E-state index contributed by atoms with van der Waals surface area (Å²) in [5.74, 6) is 0.738. The highest BCUT2D eigenvalue weighted by Crippen LogP contribution is 2.28. The zero-order chi connectivity index (χ0) is 14.8. The van der Waals surface area contributed by atoms with E-state index in [1.54, 1.807) is 6.07 Å². The molecule has 0 unspecified atom stereocenters. The fourth-order valence-electron chi connectivity index (χ4n) is 1.86. The molecule has 0 atom stereocenters. The first kappa shape index (κ1) is 15.1. The fraction of sp³-hybridized carbons (Fsp3) is 0.538. The van der Waals surface area contributed by atoms with Crippen LogP contribution >= 0.6 is 0 Å². The van der Waals surface area contributed by atoms with Crippen LogP contribution in [0.5, 0.6) is 0 Å². The molecule has 6 nitrogen and oxygen atoms in total. The van der Waals surface area contributed by atoms with E-state index in [9.17, 15) is 8.42 Å². The Labute approximate surface area is 119 Å². The molecular formula is C13H21N3O3S. The maximum absolute atomic E-state index is 11.4. The summed E-state index contributed by atoms with van der Waals surface area (Å²) in [6.07, 6.45) is 2.53. The number of ether oxygens (including phenoxy) is 1. The average Bonchev–Trinajstić information content (AvgIpc) is 3.16. The highest BCUT2D eigenvalue weighted by molar-refractivity contribution is 7.89. The van der Waals surface area contributed by atoms with Crippen molar-refractivity contribution in [3.63, 3.8) is 0 Å². The largest absolute Gasteiger partial charge is 0.399 e. The normalized spacial score (nSPS) is 15.3. The molecule has 0 bridgehead atoms. The second-order valence-electron chi connectivity index (χ2n) is 5.25. The molecule has 4 N–H and O–H groups in total. The molecule has 0 aliphatic heterocycles. The average molecular weight is 299 g/mol. The number of rotatable bonds is 7. The van der Waals surface area contributed by atoms with Gasteiger partial charge in [0.2, 0.25) is 10.0 Å². The summed E-state index contributed by atoms with van der Waals surface area (Å²) in [6, 6.07) is 4.60. The first-order valence-electron chi connectivity index (χ1n) is 6.58. The Hall–Kier alpha value is -1.31. The topological polar surface area (TPSA) is 98.7 Å². The van der Waals surface area contributed by atoms with Gasteiger partial charge in [-0.05, 0) is 37.0 Å². The smallest absolute Gasteiger partial charge is 0.238 e. The van der Waals surface area contributed by atoms with E-state index in [2.05, 4.69) is 0 Å². The van der Waals surface area contributed by atoms with E-state index in [0.717, 1.165) is 12.5 Å². The van der Waals surface area contributed by atoms with Gasteiger partial charge in [-0.15, -0.1) is 0 Å². The number of nitrogens with zero attached hydrogens (tertiary/aromatic N) is 1. The molecule has 1 aromatic carbocycles. The van der Waals surface area contributed by atoms with Crippen molar-refractivity contribution >= 4 is 21.4 Å². The molecule has 1 fully saturated rings. The van der Waals surface area contributed by atoms with Crippen LogP contribution in [0.15, 0.2) is 23.1 Å². The second-order valence-corrected chi connectivity index (χ2v) is 6.81. The van der Waals surface area contributed by atoms with Crippen LogP contribution in [-0.4, -0.2) is 35.2 Å². The number of hydrogen-bond acceptors (Lipinski definition) is 5. The number of benzene rings is 1. The number of hydrogen-bond donors (Lipinski definition) is 2. The van der Waals surface area contributed by atoms with Gasteiger partial charge in [-0.25, -0.2) is 13.6 Å². The van der Waals surface area contributed by atoms with Crippen LogP contribution < -0.4 is 15.8 Å². The Morgan fingerprint density at radius 3 is 2.65 bits per heavy atom. The number of nitrogens with two attached hydrogens (primary N) is 2. The third-order valence-corrected chi connectivity index (χ3v) is 4.20. The summed E-state index contributed by atoms with van der Waals surface area (Å²) in [6.45, 7) is 2.08. The van der Waals surface area contributed by atoms with Crippen molar-refractivity contribution in [2.24, 2.45) is 11.1 Å². The fourth-order valence-corrected chi connectivity index (χ4v) is 2.44. The van der Waals surface area contributed by atoms with Crippen LogP contribution in [0.1, 0.15) is 12.8 Å². The molecule has 0 amide bonds. The monoisotopic (exact) mass is 299 g/mol. The Morgan fingerprint density at radius 1 is 1.35 bits per heavy atom. The van der Waals surface area contributed by atoms with E-state index in [1.165, 1.54) is 25.0 Å². The van der Waals surface area contributed by atoms with E-state index in [-0.39, 0.29) is 4.90 Å². The molecule has 1 aliphatic rings. The Morgan fingerprint density at radius 2 is 2.05 bits per heavy atom. The minimum absolute atomic E-state index is 0.0262. The van der Waals surface area contributed by atoms with Gasteiger partial charge in [-0.3, -0.25) is 0 Å². The van der Waals surface area contributed by atoms with Gasteiger partial charge in [0.1, 0.15) is 0 Å². The Bertz CT molecular complexity index is 570. The van der Waals surface area contributed by atoms with Crippen molar-refractivity contribution in [3.8, 4) is 0 Å². The van der Waals surface area contributed by atoms with E-state index >= 15 is 0 Å². The molecule has 1 aromatic rings. The Balaban J connectivity index is 1.97. The summed E-state index contributed by atoms with van der Waals surface area (Å²) in [5, 5.41) is 5.13. The summed E-state index contributed by atoms with van der Waals surface area (Å²) in [5.41, 5.74) is 6.80. The van der Waals surface area contributed by atoms with Gasteiger partial charge in [0.25, 0.3) is 0 Å². The maximum atomic E-state index is 11.4. The minimum atomic E-state index is -3.75. The molecule has 0 saturated heterocycles. The van der Waals surface area contributed by atoms with E-state index in [4.69, 9.17) is 15.6 Å². The van der Waals surface area contributed by atoms with Crippen LogP contribution in [0.3, 0.4) is 0 Å². The predicted octanol–water partition coefficient (Wildman–Crippen LogP) is 0.779. The molecule has 7 heteroatoms. The van der Waals surface area contributed by atoms with E-state index < -0.39 is 10.0 Å². The van der Waals surface area contributed by atoms with E-state index in [1.807, 2.05) is 11.9 Å². The van der Waals surface area contributed by atoms with Crippen molar-refractivity contribution in [1.29, 1.82) is 0 Å². The number of nitrogen functional groups attached to an aromatic ring is 1. The number of primary sulfonamides is 1. The van der Waals surface area contributed by atoms with Gasteiger partial charge in [0.15, 0.2) is 0 Å². The molecule has 0 spiro atoms. The number of sulfonamides is 1. The SMILES string of the molecule is CN(CCOCC1CC1)c1cc(N)cc(S(N)(=O)=O)c1. The highest BCUT2D eigenvalue weighted by atomic mass is 32.2. The second kappa shape index (κ2) is 5.99. The molecule has 2 rings (SSSR count). The summed E-state index contributed by atoms with van der Waals surface area (Å²) >= 11 is 0. The Kier molecular flexibility index (Phi) is 4.52. The third-order valence-electron chi connectivity index (χ3n) is 3.30. The standard InChI is InChI=1S/C13H21N3O3S/c1-16(4-5-19-9-10-2-3-10)12-6-11(14)7-13(8-12)20(15,17)18/h6-8,10H,2-5,9,14H2,1H3,(H2,15,17,18). The maximum Gasteiger partial charge on any atom is 0.238 e. The van der Waals surface area contributed by atoms with Crippen molar-refractivity contribution in [1.82, 2.24) is 0 Å².